The maximum atomic E-state index is 11.9. The molecule has 8 heteroatoms. The SMILES string of the molecule is COC1(CNc2ccc(S(=O)(=O)N(C)C)cn2)CCOC1. The summed E-state index contributed by atoms with van der Waals surface area (Å²) in [4.78, 5) is 4.31. The van der Waals surface area contributed by atoms with Gasteiger partial charge < -0.3 is 14.8 Å². The first kappa shape index (κ1) is 16.2. The quantitative estimate of drug-likeness (QED) is 0.826. The van der Waals surface area contributed by atoms with Crippen LogP contribution in [0.25, 0.3) is 0 Å². The van der Waals surface area contributed by atoms with E-state index < -0.39 is 10.0 Å². The molecule has 1 saturated heterocycles. The van der Waals surface area contributed by atoms with Crippen LogP contribution in [0, 0.1) is 0 Å². The van der Waals surface area contributed by atoms with Crippen LogP contribution in [-0.2, 0) is 19.5 Å². The Hall–Kier alpha value is -1.22. The number of aromatic nitrogens is 1. The molecule has 0 amide bonds. The van der Waals surface area contributed by atoms with Gasteiger partial charge in [-0.1, -0.05) is 0 Å². The highest BCUT2D eigenvalue weighted by molar-refractivity contribution is 7.89. The minimum absolute atomic E-state index is 0.170. The molecule has 0 aromatic carbocycles. The predicted molar refractivity (Wildman–Crippen MR) is 78.8 cm³/mol. The Kier molecular flexibility index (Phi) is 4.82. The van der Waals surface area contributed by atoms with Gasteiger partial charge >= 0.3 is 0 Å². The summed E-state index contributed by atoms with van der Waals surface area (Å²) in [7, 11) is 1.20. The number of ether oxygens (including phenoxy) is 2. The van der Waals surface area contributed by atoms with Gasteiger partial charge in [0.15, 0.2) is 0 Å². The largest absolute Gasteiger partial charge is 0.378 e. The Morgan fingerprint density at radius 1 is 1.48 bits per heavy atom. The molecule has 1 aromatic heterocycles. The highest BCUT2D eigenvalue weighted by Gasteiger charge is 2.34. The normalized spacial score (nSPS) is 22.7. The average molecular weight is 315 g/mol. The summed E-state index contributed by atoms with van der Waals surface area (Å²) >= 11 is 0. The van der Waals surface area contributed by atoms with E-state index in [9.17, 15) is 8.42 Å². The molecule has 1 aliphatic heterocycles. The fourth-order valence-corrected chi connectivity index (χ4v) is 2.91. The molecule has 1 aromatic rings. The van der Waals surface area contributed by atoms with Crippen LogP contribution in [0.5, 0.6) is 0 Å². The van der Waals surface area contributed by atoms with E-state index in [0.29, 0.717) is 25.6 Å². The Labute approximate surface area is 125 Å². The van der Waals surface area contributed by atoms with Crippen LogP contribution in [0.2, 0.25) is 0 Å². The molecule has 0 saturated carbocycles. The Balaban J connectivity index is 2.03. The summed E-state index contributed by atoms with van der Waals surface area (Å²) in [5.74, 6) is 0.607. The van der Waals surface area contributed by atoms with Crippen molar-refractivity contribution in [3.8, 4) is 0 Å². The fraction of sp³-hybridized carbons (Fsp3) is 0.615. The lowest BCUT2D eigenvalue weighted by Gasteiger charge is -2.26. The molecule has 2 rings (SSSR count). The van der Waals surface area contributed by atoms with Gasteiger partial charge in [-0.2, -0.15) is 0 Å². The third kappa shape index (κ3) is 3.52. The molecule has 0 aliphatic carbocycles. The molecule has 7 nitrogen and oxygen atoms in total. The molecule has 0 bridgehead atoms. The predicted octanol–water partition coefficient (Wildman–Crippen LogP) is 0.549. The topological polar surface area (TPSA) is 80.8 Å². The molecule has 1 N–H and O–H groups in total. The van der Waals surface area contributed by atoms with Crippen molar-refractivity contribution in [2.45, 2.75) is 16.9 Å². The molecular weight excluding hydrogens is 294 g/mol. The first-order valence-electron chi connectivity index (χ1n) is 6.65. The van der Waals surface area contributed by atoms with E-state index in [1.807, 2.05) is 0 Å². The maximum Gasteiger partial charge on any atom is 0.244 e. The fourth-order valence-electron chi connectivity index (χ4n) is 2.06. The first-order valence-corrected chi connectivity index (χ1v) is 8.09. The van der Waals surface area contributed by atoms with Crippen LogP contribution in [-0.4, -0.2) is 64.3 Å². The Bertz CT molecular complexity index is 566. The van der Waals surface area contributed by atoms with E-state index in [2.05, 4.69) is 10.3 Å². The second-order valence-corrected chi connectivity index (χ2v) is 7.36. The van der Waals surface area contributed by atoms with Crippen molar-refractivity contribution in [2.24, 2.45) is 0 Å². The van der Waals surface area contributed by atoms with Crippen molar-refractivity contribution in [2.75, 3.05) is 46.3 Å². The Morgan fingerprint density at radius 2 is 2.24 bits per heavy atom. The van der Waals surface area contributed by atoms with Crippen molar-refractivity contribution in [3.63, 3.8) is 0 Å². The minimum atomic E-state index is -3.44. The van der Waals surface area contributed by atoms with Crippen LogP contribution < -0.4 is 5.32 Å². The van der Waals surface area contributed by atoms with E-state index in [0.717, 1.165) is 10.7 Å². The van der Waals surface area contributed by atoms with Gasteiger partial charge in [0.05, 0.1) is 6.61 Å². The average Bonchev–Trinajstić information content (AvgIpc) is 2.95. The summed E-state index contributed by atoms with van der Waals surface area (Å²) in [6, 6.07) is 3.19. The molecule has 1 unspecified atom stereocenters. The highest BCUT2D eigenvalue weighted by Crippen LogP contribution is 2.23. The minimum Gasteiger partial charge on any atom is -0.378 e. The van der Waals surface area contributed by atoms with Crippen LogP contribution in [0.15, 0.2) is 23.2 Å². The van der Waals surface area contributed by atoms with E-state index in [-0.39, 0.29) is 10.5 Å². The van der Waals surface area contributed by atoms with Crippen molar-refractivity contribution in [3.05, 3.63) is 18.3 Å². The summed E-state index contributed by atoms with van der Waals surface area (Å²) in [6.07, 6.45) is 2.17. The van der Waals surface area contributed by atoms with Gasteiger partial charge in [-0.25, -0.2) is 17.7 Å². The van der Waals surface area contributed by atoms with Crippen LogP contribution in [0.4, 0.5) is 5.82 Å². The van der Waals surface area contributed by atoms with Gasteiger partial charge in [-0.3, -0.25) is 0 Å². The smallest absolute Gasteiger partial charge is 0.244 e. The van der Waals surface area contributed by atoms with Crippen LogP contribution in [0.1, 0.15) is 6.42 Å². The lowest BCUT2D eigenvalue weighted by Crippen LogP contribution is -2.39. The van der Waals surface area contributed by atoms with Crippen molar-refractivity contribution >= 4 is 15.8 Å². The number of sulfonamides is 1. The number of anilines is 1. The van der Waals surface area contributed by atoms with E-state index >= 15 is 0 Å². The van der Waals surface area contributed by atoms with Gasteiger partial charge in [-0.05, 0) is 12.1 Å². The number of hydrogen-bond donors (Lipinski definition) is 1. The molecule has 21 heavy (non-hydrogen) atoms. The molecule has 0 radical (unpaired) electrons. The third-order valence-electron chi connectivity index (χ3n) is 3.61. The number of nitrogens with zero attached hydrogens (tertiary/aromatic N) is 2. The van der Waals surface area contributed by atoms with Crippen molar-refractivity contribution < 1.29 is 17.9 Å². The third-order valence-corrected chi connectivity index (χ3v) is 5.41. The lowest BCUT2D eigenvalue weighted by molar-refractivity contribution is -0.00625. The first-order chi connectivity index (χ1) is 9.89. The Morgan fingerprint density at radius 3 is 2.71 bits per heavy atom. The summed E-state index contributed by atoms with van der Waals surface area (Å²) in [5.41, 5.74) is -0.337. The molecule has 1 atom stereocenters. The van der Waals surface area contributed by atoms with Crippen LogP contribution >= 0.6 is 0 Å². The van der Waals surface area contributed by atoms with Crippen LogP contribution in [0.3, 0.4) is 0 Å². The summed E-state index contributed by atoms with van der Waals surface area (Å²) in [6.45, 7) is 1.79. The molecule has 118 valence electrons. The summed E-state index contributed by atoms with van der Waals surface area (Å²) in [5, 5.41) is 3.16. The lowest BCUT2D eigenvalue weighted by atomic mass is 10.0. The van der Waals surface area contributed by atoms with Gasteiger partial charge in [0.1, 0.15) is 16.3 Å². The zero-order valence-electron chi connectivity index (χ0n) is 12.5. The van der Waals surface area contributed by atoms with Crippen molar-refractivity contribution in [1.82, 2.24) is 9.29 Å². The van der Waals surface area contributed by atoms with Crippen molar-refractivity contribution in [1.29, 1.82) is 0 Å². The highest BCUT2D eigenvalue weighted by atomic mass is 32.2. The second kappa shape index (κ2) is 6.27. The van der Waals surface area contributed by atoms with E-state index in [1.165, 1.54) is 26.4 Å². The molecular formula is C13H21N3O4S. The van der Waals surface area contributed by atoms with Gasteiger partial charge in [0.2, 0.25) is 10.0 Å². The van der Waals surface area contributed by atoms with Gasteiger partial charge in [0.25, 0.3) is 0 Å². The van der Waals surface area contributed by atoms with E-state index in [1.54, 1.807) is 13.2 Å². The van der Waals surface area contributed by atoms with Gasteiger partial charge in [0, 0.05) is 47.0 Å². The van der Waals surface area contributed by atoms with Gasteiger partial charge in [-0.15, -0.1) is 0 Å². The maximum absolute atomic E-state index is 11.9. The second-order valence-electron chi connectivity index (χ2n) is 5.21. The standard InChI is InChI=1S/C13H21N3O4S/c1-16(2)21(17,18)11-4-5-12(14-8-11)15-9-13(19-3)6-7-20-10-13/h4-5,8H,6-7,9-10H2,1-3H3,(H,14,15). The molecule has 0 spiro atoms. The zero-order chi connectivity index (χ0) is 15.5. The molecule has 1 aliphatic rings. The number of rotatable bonds is 6. The number of methoxy groups -OCH3 is 1. The number of pyridine rings is 1. The monoisotopic (exact) mass is 315 g/mol. The number of nitrogens with one attached hydrogen (secondary N) is 1. The molecule has 2 heterocycles. The zero-order valence-corrected chi connectivity index (χ0v) is 13.3. The molecule has 1 fully saturated rings. The number of hydrogen-bond acceptors (Lipinski definition) is 6. The van der Waals surface area contributed by atoms with E-state index in [4.69, 9.17) is 9.47 Å². The summed E-state index contributed by atoms with van der Waals surface area (Å²) < 4.78 is 35.9.